The third kappa shape index (κ3) is 2.84. The molecular formula is C16H11BrO3S. The van der Waals surface area contributed by atoms with Gasteiger partial charge >= 0.3 is 5.63 Å². The van der Waals surface area contributed by atoms with Crippen LogP contribution in [-0.2, 0) is 0 Å². The van der Waals surface area contributed by atoms with E-state index < -0.39 is 5.63 Å². The van der Waals surface area contributed by atoms with E-state index in [2.05, 4.69) is 15.9 Å². The van der Waals surface area contributed by atoms with Gasteiger partial charge in [-0.05, 0) is 43.3 Å². The van der Waals surface area contributed by atoms with Crippen LogP contribution in [0.25, 0.3) is 11.0 Å². The Balaban J connectivity index is 2.16. The minimum absolute atomic E-state index is 0.122. The van der Waals surface area contributed by atoms with Gasteiger partial charge in [0, 0.05) is 31.3 Å². The largest absolute Gasteiger partial charge is 0.508 e. The fourth-order valence-electron chi connectivity index (χ4n) is 2.04. The third-order valence-corrected chi connectivity index (χ3v) is 4.73. The number of aromatic hydroxyl groups is 1. The quantitative estimate of drug-likeness (QED) is 0.670. The highest BCUT2D eigenvalue weighted by Gasteiger charge is 2.11. The summed E-state index contributed by atoms with van der Waals surface area (Å²) in [6, 6.07) is 12.7. The number of benzene rings is 2. The van der Waals surface area contributed by atoms with E-state index in [-0.39, 0.29) is 5.75 Å². The van der Waals surface area contributed by atoms with Gasteiger partial charge < -0.3 is 9.52 Å². The number of hydrogen-bond donors (Lipinski definition) is 1. The van der Waals surface area contributed by atoms with Crippen molar-refractivity contribution in [2.45, 2.75) is 16.7 Å². The molecule has 0 saturated carbocycles. The maximum absolute atomic E-state index is 11.7. The first-order valence-electron chi connectivity index (χ1n) is 6.24. The van der Waals surface area contributed by atoms with Crippen LogP contribution in [0.1, 0.15) is 5.56 Å². The molecule has 0 radical (unpaired) electrons. The molecule has 1 aromatic heterocycles. The van der Waals surface area contributed by atoms with Gasteiger partial charge in [-0.1, -0.05) is 27.7 Å². The molecule has 0 bridgehead atoms. The second-order valence-electron chi connectivity index (χ2n) is 4.57. The zero-order valence-electron chi connectivity index (χ0n) is 11.1. The van der Waals surface area contributed by atoms with E-state index in [0.29, 0.717) is 11.1 Å². The second-order valence-corrected chi connectivity index (χ2v) is 6.60. The molecule has 3 aromatic rings. The Kier molecular flexibility index (Phi) is 3.78. The number of halogens is 1. The van der Waals surface area contributed by atoms with Crippen LogP contribution in [0.5, 0.6) is 5.75 Å². The Hall–Kier alpha value is -1.72. The number of fused-ring (bicyclic) bond motifs is 1. The van der Waals surface area contributed by atoms with Crippen LogP contribution in [0.4, 0.5) is 0 Å². The predicted octanol–water partition coefficient (Wildman–Crippen LogP) is 4.72. The molecule has 0 aliphatic carbocycles. The monoisotopic (exact) mass is 362 g/mol. The molecule has 0 fully saturated rings. The van der Waals surface area contributed by atoms with Crippen LogP contribution in [0.2, 0.25) is 0 Å². The molecular weight excluding hydrogens is 352 g/mol. The minimum Gasteiger partial charge on any atom is -0.508 e. The average Bonchev–Trinajstić information content (AvgIpc) is 2.46. The number of hydrogen-bond acceptors (Lipinski definition) is 4. The Labute approximate surface area is 133 Å². The molecule has 0 atom stereocenters. The van der Waals surface area contributed by atoms with Crippen LogP contribution in [0.3, 0.4) is 0 Å². The van der Waals surface area contributed by atoms with Gasteiger partial charge in [-0.25, -0.2) is 4.79 Å². The van der Waals surface area contributed by atoms with Gasteiger partial charge in [0.15, 0.2) is 0 Å². The first kappa shape index (κ1) is 14.2. The smallest absolute Gasteiger partial charge is 0.337 e. The van der Waals surface area contributed by atoms with E-state index in [9.17, 15) is 9.90 Å². The van der Waals surface area contributed by atoms with Gasteiger partial charge in [-0.3, -0.25) is 0 Å². The maximum Gasteiger partial charge on any atom is 0.337 e. The zero-order chi connectivity index (χ0) is 15.0. The molecule has 106 valence electrons. The van der Waals surface area contributed by atoms with E-state index in [1.54, 1.807) is 19.1 Å². The third-order valence-electron chi connectivity index (χ3n) is 3.14. The fraction of sp³-hybridized carbons (Fsp3) is 0.0625. The van der Waals surface area contributed by atoms with Crippen molar-refractivity contribution >= 4 is 38.7 Å². The Morgan fingerprint density at radius 2 is 1.86 bits per heavy atom. The molecule has 0 aliphatic rings. The lowest BCUT2D eigenvalue weighted by atomic mass is 10.1. The highest BCUT2D eigenvalue weighted by atomic mass is 79.9. The van der Waals surface area contributed by atoms with Crippen molar-refractivity contribution in [1.82, 2.24) is 0 Å². The summed E-state index contributed by atoms with van der Waals surface area (Å²) < 4.78 is 6.24. The zero-order valence-corrected chi connectivity index (χ0v) is 13.5. The summed E-state index contributed by atoms with van der Waals surface area (Å²) in [7, 11) is 0. The molecule has 3 rings (SSSR count). The van der Waals surface area contributed by atoms with Crippen molar-refractivity contribution < 1.29 is 9.52 Å². The van der Waals surface area contributed by atoms with Crippen molar-refractivity contribution in [3.63, 3.8) is 0 Å². The van der Waals surface area contributed by atoms with Gasteiger partial charge in [-0.15, -0.1) is 0 Å². The Morgan fingerprint density at radius 1 is 1.14 bits per heavy atom. The van der Waals surface area contributed by atoms with Gasteiger partial charge in [0.05, 0.1) is 0 Å². The summed E-state index contributed by atoms with van der Waals surface area (Å²) in [6.07, 6.45) is 0. The van der Waals surface area contributed by atoms with E-state index >= 15 is 0 Å². The second kappa shape index (κ2) is 5.58. The summed E-state index contributed by atoms with van der Waals surface area (Å²) >= 11 is 4.89. The fourth-order valence-corrected chi connectivity index (χ4v) is 3.25. The number of phenolic OH excluding ortho intramolecular Hbond substituents is 1. The van der Waals surface area contributed by atoms with Crippen LogP contribution in [0.15, 0.2) is 65.9 Å². The lowest BCUT2D eigenvalue weighted by Crippen LogP contribution is -1.98. The number of aryl methyl sites for hydroxylation is 1. The van der Waals surface area contributed by atoms with Crippen LogP contribution in [0, 0.1) is 6.92 Å². The molecule has 0 unspecified atom stereocenters. The molecule has 1 N–H and O–H groups in total. The Morgan fingerprint density at radius 3 is 2.57 bits per heavy atom. The van der Waals surface area contributed by atoms with Gasteiger partial charge in [0.25, 0.3) is 0 Å². The first-order chi connectivity index (χ1) is 10.0. The molecule has 0 saturated heterocycles. The van der Waals surface area contributed by atoms with Crippen molar-refractivity contribution in [2.24, 2.45) is 0 Å². The summed E-state index contributed by atoms with van der Waals surface area (Å²) in [4.78, 5) is 13.6. The van der Waals surface area contributed by atoms with Crippen molar-refractivity contribution in [1.29, 1.82) is 0 Å². The number of phenols is 1. The molecule has 3 nitrogen and oxygen atoms in total. The van der Waals surface area contributed by atoms with Crippen molar-refractivity contribution in [2.75, 3.05) is 0 Å². The summed E-state index contributed by atoms with van der Waals surface area (Å²) in [6.45, 7) is 1.73. The molecule has 0 spiro atoms. The average molecular weight is 363 g/mol. The van der Waals surface area contributed by atoms with Gasteiger partial charge in [0.2, 0.25) is 0 Å². The summed E-state index contributed by atoms with van der Waals surface area (Å²) in [5, 5.41) is 10.6. The molecule has 21 heavy (non-hydrogen) atoms. The molecule has 5 heteroatoms. The maximum atomic E-state index is 11.7. The van der Waals surface area contributed by atoms with E-state index in [1.807, 2.05) is 24.3 Å². The van der Waals surface area contributed by atoms with E-state index in [1.165, 1.54) is 17.8 Å². The van der Waals surface area contributed by atoms with Crippen LogP contribution in [-0.4, -0.2) is 5.11 Å². The summed E-state index contributed by atoms with van der Waals surface area (Å²) in [5.74, 6) is 0.122. The van der Waals surface area contributed by atoms with Crippen LogP contribution < -0.4 is 5.63 Å². The molecule has 0 amide bonds. The molecule has 2 aromatic carbocycles. The predicted molar refractivity (Wildman–Crippen MR) is 87.2 cm³/mol. The van der Waals surface area contributed by atoms with Gasteiger partial charge in [-0.2, -0.15) is 0 Å². The molecule has 1 heterocycles. The lowest BCUT2D eigenvalue weighted by Gasteiger charge is -2.08. The van der Waals surface area contributed by atoms with Crippen molar-refractivity contribution in [3.8, 4) is 5.75 Å². The minimum atomic E-state index is -0.421. The standard InChI is InChI=1S/C16H11BrO3S/c1-9-13(18)7-6-12-14(8-15(19)20-16(9)12)21-11-4-2-10(17)3-5-11/h2-8,18H,1H3. The van der Waals surface area contributed by atoms with Gasteiger partial charge in [0.1, 0.15) is 11.3 Å². The molecule has 0 aliphatic heterocycles. The van der Waals surface area contributed by atoms with Crippen LogP contribution >= 0.6 is 27.7 Å². The van der Waals surface area contributed by atoms with Crippen molar-refractivity contribution in [3.05, 3.63) is 62.9 Å². The normalized spacial score (nSPS) is 11.0. The first-order valence-corrected chi connectivity index (χ1v) is 7.85. The van der Waals surface area contributed by atoms with E-state index in [0.717, 1.165) is 19.6 Å². The SMILES string of the molecule is Cc1c(O)ccc2c(Sc3ccc(Br)cc3)cc(=O)oc12. The highest BCUT2D eigenvalue weighted by Crippen LogP contribution is 2.35. The number of rotatable bonds is 2. The van der Waals surface area contributed by atoms with E-state index in [4.69, 9.17) is 4.42 Å². The summed E-state index contributed by atoms with van der Waals surface area (Å²) in [5.41, 5.74) is 0.584. The Bertz CT molecular complexity index is 869. The topological polar surface area (TPSA) is 50.4 Å². The lowest BCUT2D eigenvalue weighted by molar-refractivity contribution is 0.468. The highest BCUT2D eigenvalue weighted by molar-refractivity contribution is 9.10.